The van der Waals surface area contributed by atoms with Gasteiger partial charge in [0.2, 0.25) is 0 Å². The zero-order valence-electron chi connectivity index (χ0n) is 9.46. The topological polar surface area (TPSA) is 4.36 Å². The smallest absolute Gasteiger partial charge is 0.187 e. The number of nitrogens with zero attached hydrogens (tertiary/aromatic N) is 1. The molecule has 0 heterocycles. The number of benzene rings is 1. The molecule has 1 unspecified atom stereocenters. The number of hydrogen-bond donors (Lipinski definition) is 0. The third-order valence-corrected chi connectivity index (χ3v) is 3.53. The van der Waals surface area contributed by atoms with Crippen molar-refractivity contribution < 1.29 is 0 Å². The van der Waals surface area contributed by atoms with Gasteiger partial charge in [0.25, 0.3) is 0 Å². The van der Waals surface area contributed by atoms with E-state index in [1.807, 2.05) is 6.07 Å². The van der Waals surface area contributed by atoms with Gasteiger partial charge in [-0.25, -0.2) is 4.85 Å². The average molecular weight is 199 g/mol. The van der Waals surface area contributed by atoms with E-state index in [1.54, 1.807) is 0 Å². The summed E-state index contributed by atoms with van der Waals surface area (Å²) in [6.07, 6.45) is 3.64. The molecule has 0 radical (unpaired) electrons. The first-order valence-corrected chi connectivity index (χ1v) is 5.70. The SMILES string of the molecule is [C-]#[N+]c1ccc2c(c1)CCC(C(C)C)C2. The first-order chi connectivity index (χ1) is 7.20. The Morgan fingerprint density at radius 2 is 2.13 bits per heavy atom. The molecular weight excluding hydrogens is 182 g/mol. The Kier molecular flexibility index (Phi) is 2.77. The minimum absolute atomic E-state index is 0.777. The van der Waals surface area contributed by atoms with Crippen LogP contribution in [-0.4, -0.2) is 0 Å². The molecule has 1 aromatic rings. The molecule has 0 bridgehead atoms. The largest absolute Gasteiger partial charge is 0.238 e. The highest BCUT2D eigenvalue weighted by Gasteiger charge is 2.20. The molecule has 0 amide bonds. The molecule has 0 N–H and O–H groups in total. The monoisotopic (exact) mass is 199 g/mol. The average Bonchev–Trinajstić information content (AvgIpc) is 2.27. The minimum atomic E-state index is 0.777. The fraction of sp³-hybridized carbons (Fsp3) is 0.500. The van der Waals surface area contributed by atoms with Crippen LogP contribution in [0.3, 0.4) is 0 Å². The fourth-order valence-electron chi connectivity index (χ4n) is 2.41. The van der Waals surface area contributed by atoms with Gasteiger partial charge in [-0.3, -0.25) is 0 Å². The third kappa shape index (κ3) is 2.04. The summed E-state index contributed by atoms with van der Waals surface area (Å²) in [6.45, 7) is 11.6. The maximum Gasteiger partial charge on any atom is 0.187 e. The maximum atomic E-state index is 6.99. The Morgan fingerprint density at radius 3 is 2.80 bits per heavy atom. The van der Waals surface area contributed by atoms with Crippen molar-refractivity contribution in [3.05, 3.63) is 40.7 Å². The van der Waals surface area contributed by atoms with Crippen molar-refractivity contribution >= 4 is 5.69 Å². The van der Waals surface area contributed by atoms with E-state index in [9.17, 15) is 0 Å². The van der Waals surface area contributed by atoms with Crippen LogP contribution in [0.15, 0.2) is 18.2 Å². The summed E-state index contributed by atoms with van der Waals surface area (Å²) in [5.74, 6) is 1.61. The molecule has 15 heavy (non-hydrogen) atoms. The van der Waals surface area contributed by atoms with Crippen molar-refractivity contribution in [2.24, 2.45) is 11.8 Å². The lowest BCUT2D eigenvalue weighted by Crippen LogP contribution is -2.18. The Morgan fingerprint density at radius 1 is 1.33 bits per heavy atom. The van der Waals surface area contributed by atoms with Crippen molar-refractivity contribution in [1.29, 1.82) is 0 Å². The maximum absolute atomic E-state index is 6.99. The van der Waals surface area contributed by atoms with Crippen molar-refractivity contribution in [1.82, 2.24) is 0 Å². The predicted octanol–water partition coefficient (Wildman–Crippen LogP) is 4.00. The molecule has 1 heteroatoms. The van der Waals surface area contributed by atoms with Gasteiger partial charge in [0.1, 0.15) is 0 Å². The molecule has 1 aliphatic rings. The van der Waals surface area contributed by atoms with Crippen LogP contribution in [0.5, 0.6) is 0 Å². The lowest BCUT2D eigenvalue weighted by atomic mass is 9.78. The highest BCUT2D eigenvalue weighted by Crippen LogP contribution is 2.32. The summed E-state index contributed by atoms with van der Waals surface area (Å²) in [7, 11) is 0. The van der Waals surface area contributed by atoms with E-state index in [4.69, 9.17) is 6.57 Å². The first-order valence-electron chi connectivity index (χ1n) is 5.70. The van der Waals surface area contributed by atoms with Gasteiger partial charge in [0, 0.05) is 0 Å². The van der Waals surface area contributed by atoms with Gasteiger partial charge in [-0.1, -0.05) is 37.6 Å². The van der Waals surface area contributed by atoms with Crippen molar-refractivity contribution in [2.45, 2.75) is 33.1 Å². The second-order valence-corrected chi connectivity index (χ2v) is 4.81. The molecule has 0 saturated heterocycles. The fourth-order valence-corrected chi connectivity index (χ4v) is 2.41. The van der Waals surface area contributed by atoms with Gasteiger partial charge in [-0.15, -0.1) is 0 Å². The van der Waals surface area contributed by atoms with Crippen LogP contribution >= 0.6 is 0 Å². The van der Waals surface area contributed by atoms with E-state index in [0.717, 1.165) is 23.9 Å². The van der Waals surface area contributed by atoms with Gasteiger partial charge in [-0.2, -0.15) is 0 Å². The van der Waals surface area contributed by atoms with E-state index < -0.39 is 0 Å². The standard InChI is InChI=1S/C14H17N/c1-10(2)11-4-5-13-9-14(15-3)7-6-12(13)8-11/h6-7,9-11H,4-5,8H2,1-2H3. The van der Waals surface area contributed by atoms with Crippen molar-refractivity contribution in [2.75, 3.05) is 0 Å². The molecule has 1 atom stereocenters. The Hall–Kier alpha value is -1.29. The number of aryl methyl sites for hydroxylation is 1. The first kappa shape index (κ1) is 10.2. The molecular formula is C14H17N. The van der Waals surface area contributed by atoms with Crippen LogP contribution in [0, 0.1) is 18.4 Å². The second kappa shape index (κ2) is 4.06. The molecule has 1 nitrogen and oxygen atoms in total. The van der Waals surface area contributed by atoms with Gasteiger partial charge in [-0.05, 0) is 36.7 Å². The van der Waals surface area contributed by atoms with E-state index in [0.29, 0.717) is 0 Å². The molecule has 78 valence electrons. The molecule has 0 saturated carbocycles. The quantitative estimate of drug-likeness (QED) is 0.602. The molecule has 0 spiro atoms. The van der Waals surface area contributed by atoms with Gasteiger partial charge < -0.3 is 0 Å². The summed E-state index contributed by atoms with van der Waals surface area (Å²) < 4.78 is 0. The van der Waals surface area contributed by atoms with E-state index >= 15 is 0 Å². The Balaban J connectivity index is 2.25. The Bertz CT molecular complexity index is 398. The highest BCUT2D eigenvalue weighted by atomic mass is 14.6. The summed E-state index contributed by atoms with van der Waals surface area (Å²) >= 11 is 0. The molecule has 0 aliphatic heterocycles. The number of fused-ring (bicyclic) bond motifs is 1. The Labute approximate surface area is 91.9 Å². The predicted molar refractivity (Wildman–Crippen MR) is 63.1 cm³/mol. The number of rotatable bonds is 1. The second-order valence-electron chi connectivity index (χ2n) is 4.81. The van der Waals surface area contributed by atoms with Crippen molar-refractivity contribution in [3.63, 3.8) is 0 Å². The molecule has 0 fully saturated rings. The van der Waals surface area contributed by atoms with Gasteiger partial charge in [0.05, 0.1) is 6.57 Å². The third-order valence-electron chi connectivity index (χ3n) is 3.53. The van der Waals surface area contributed by atoms with Crippen LogP contribution < -0.4 is 0 Å². The summed E-state index contributed by atoms with van der Waals surface area (Å²) in [4.78, 5) is 3.48. The number of hydrogen-bond acceptors (Lipinski definition) is 0. The molecule has 1 aromatic carbocycles. The van der Waals surface area contributed by atoms with Crippen LogP contribution in [0.2, 0.25) is 0 Å². The van der Waals surface area contributed by atoms with Crippen LogP contribution in [0.25, 0.3) is 4.85 Å². The highest BCUT2D eigenvalue weighted by molar-refractivity contribution is 5.50. The lowest BCUT2D eigenvalue weighted by molar-refractivity contribution is 0.343. The summed E-state index contributed by atoms with van der Waals surface area (Å²) in [6, 6.07) is 6.17. The minimum Gasteiger partial charge on any atom is -0.238 e. The van der Waals surface area contributed by atoms with Gasteiger partial charge in [0.15, 0.2) is 5.69 Å². The van der Waals surface area contributed by atoms with E-state index in [1.165, 1.54) is 24.0 Å². The summed E-state index contributed by atoms with van der Waals surface area (Å²) in [5, 5.41) is 0. The van der Waals surface area contributed by atoms with Crippen molar-refractivity contribution in [3.8, 4) is 0 Å². The molecule has 1 aliphatic carbocycles. The molecule has 2 rings (SSSR count). The zero-order chi connectivity index (χ0) is 10.8. The van der Waals surface area contributed by atoms with Crippen LogP contribution in [0.4, 0.5) is 5.69 Å². The van der Waals surface area contributed by atoms with E-state index in [-0.39, 0.29) is 0 Å². The van der Waals surface area contributed by atoms with E-state index in [2.05, 4.69) is 30.8 Å². The summed E-state index contributed by atoms with van der Waals surface area (Å²) in [5.41, 5.74) is 3.66. The molecule has 0 aromatic heterocycles. The zero-order valence-corrected chi connectivity index (χ0v) is 9.46. The normalized spacial score (nSPS) is 19.7. The lowest BCUT2D eigenvalue weighted by Gasteiger charge is -2.27. The van der Waals surface area contributed by atoms with Crippen LogP contribution in [0.1, 0.15) is 31.4 Å². The van der Waals surface area contributed by atoms with Gasteiger partial charge >= 0.3 is 0 Å². The van der Waals surface area contributed by atoms with Crippen LogP contribution in [-0.2, 0) is 12.8 Å².